The zero-order valence-corrected chi connectivity index (χ0v) is 16.9. The predicted octanol–water partition coefficient (Wildman–Crippen LogP) is 1.90. The molecule has 1 saturated heterocycles. The van der Waals surface area contributed by atoms with Crippen LogP contribution in [0.25, 0.3) is 0 Å². The second-order valence-electron chi connectivity index (χ2n) is 7.60. The zero-order chi connectivity index (χ0) is 20.1. The largest absolute Gasteiger partial charge is 0.376 e. The molecule has 0 radical (unpaired) electrons. The highest BCUT2D eigenvalue weighted by atomic mass is 32.2. The molecule has 0 saturated carbocycles. The first-order valence-corrected chi connectivity index (χ1v) is 10.5. The van der Waals surface area contributed by atoms with Crippen LogP contribution in [0.1, 0.15) is 40.0 Å². The predicted molar refractivity (Wildman–Crippen MR) is 104 cm³/mol. The standard InChI is InChI=1S/C18H28N4O4S/c1-18(2,3)21-17(24)20-16(23)13-19-14-8-7-9-15(12-14)27(25,26)22-10-5-4-6-11-22/h7-9,12,19H,4-6,10-11,13H2,1-3H3,(H2,20,21,23,24). The number of nitrogens with one attached hydrogen (secondary N) is 3. The highest BCUT2D eigenvalue weighted by molar-refractivity contribution is 7.89. The topological polar surface area (TPSA) is 108 Å². The molecule has 0 spiro atoms. The number of carbonyl (C=O) groups is 2. The first-order chi connectivity index (χ1) is 12.6. The molecule has 9 heteroatoms. The molecule has 0 bridgehead atoms. The van der Waals surface area contributed by atoms with Crippen molar-refractivity contribution >= 4 is 27.6 Å². The summed E-state index contributed by atoms with van der Waals surface area (Å²) in [6, 6.07) is 5.79. The number of carbonyl (C=O) groups excluding carboxylic acids is 2. The van der Waals surface area contributed by atoms with E-state index in [0.717, 1.165) is 19.3 Å². The second-order valence-corrected chi connectivity index (χ2v) is 9.54. The molecule has 1 aromatic rings. The molecule has 1 aliphatic heterocycles. The van der Waals surface area contributed by atoms with Crippen LogP contribution in [0.2, 0.25) is 0 Å². The number of sulfonamides is 1. The molecule has 1 fully saturated rings. The highest BCUT2D eigenvalue weighted by Gasteiger charge is 2.26. The Kier molecular flexibility index (Phi) is 6.83. The minimum absolute atomic E-state index is 0.148. The fourth-order valence-corrected chi connectivity index (χ4v) is 4.31. The first kappa shape index (κ1) is 21.2. The fraction of sp³-hybridized carbons (Fsp3) is 0.556. The Balaban J connectivity index is 1.95. The summed E-state index contributed by atoms with van der Waals surface area (Å²) in [7, 11) is -3.53. The SMILES string of the molecule is CC(C)(C)NC(=O)NC(=O)CNc1cccc(S(=O)(=O)N2CCCCC2)c1. The van der Waals surface area contributed by atoms with Gasteiger partial charge in [0.1, 0.15) is 0 Å². The van der Waals surface area contributed by atoms with E-state index in [0.29, 0.717) is 18.8 Å². The quantitative estimate of drug-likeness (QED) is 0.705. The Morgan fingerprint density at radius 2 is 1.78 bits per heavy atom. The summed E-state index contributed by atoms with van der Waals surface area (Å²) in [5.41, 5.74) is 0.0500. The average molecular weight is 397 g/mol. The molecule has 2 rings (SSSR count). The highest BCUT2D eigenvalue weighted by Crippen LogP contribution is 2.22. The van der Waals surface area contributed by atoms with E-state index in [-0.39, 0.29) is 11.4 Å². The summed E-state index contributed by atoms with van der Waals surface area (Å²) >= 11 is 0. The van der Waals surface area contributed by atoms with Crippen LogP contribution >= 0.6 is 0 Å². The normalized spacial score (nSPS) is 15.8. The lowest BCUT2D eigenvalue weighted by Gasteiger charge is -2.26. The van der Waals surface area contributed by atoms with Crippen molar-refractivity contribution in [2.75, 3.05) is 25.0 Å². The van der Waals surface area contributed by atoms with Crippen molar-refractivity contribution in [1.82, 2.24) is 14.9 Å². The van der Waals surface area contributed by atoms with Gasteiger partial charge in [-0.05, 0) is 51.8 Å². The molecule has 1 aliphatic rings. The minimum Gasteiger partial charge on any atom is -0.376 e. The van der Waals surface area contributed by atoms with Crippen LogP contribution in [-0.4, -0.2) is 49.8 Å². The fourth-order valence-electron chi connectivity index (χ4n) is 2.75. The second kappa shape index (κ2) is 8.71. The van der Waals surface area contributed by atoms with Gasteiger partial charge in [-0.1, -0.05) is 12.5 Å². The number of benzene rings is 1. The van der Waals surface area contributed by atoms with E-state index in [2.05, 4.69) is 16.0 Å². The molecule has 3 N–H and O–H groups in total. The first-order valence-electron chi connectivity index (χ1n) is 9.04. The summed E-state index contributed by atoms with van der Waals surface area (Å²) in [6.45, 7) is 6.35. The number of anilines is 1. The van der Waals surface area contributed by atoms with Crippen molar-refractivity contribution in [3.05, 3.63) is 24.3 Å². The van der Waals surface area contributed by atoms with Crippen molar-refractivity contribution in [3.63, 3.8) is 0 Å². The zero-order valence-electron chi connectivity index (χ0n) is 16.0. The van der Waals surface area contributed by atoms with E-state index in [1.165, 1.54) is 10.4 Å². The van der Waals surface area contributed by atoms with Crippen LogP contribution < -0.4 is 16.0 Å². The number of urea groups is 1. The van der Waals surface area contributed by atoms with Crippen LogP contribution in [0.4, 0.5) is 10.5 Å². The minimum atomic E-state index is -3.53. The third-order valence-corrected chi connectivity index (χ3v) is 5.88. The lowest BCUT2D eigenvalue weighted by molar-refractivity contribution is -0.118. The van der Waals surface area contributed by atoms with Gasteiger partial charge in [0.25, 0.3) is 0 Å². The van der Waals surface area contributed by atoms with Crippen LogP contribution in [-0.2, 0) is 14.8 Å². The number of imide groups is 1. The van der Waals surface area contributed by atoms with Crippen LogP contribution in [0.3, 0.4) is 0 Å². The maximum Gasteiger partial charge on any atom is 0.321 e. The average Bonchev–Trinajstić information content (AvgIpc) is 2.59. The van der Waals surface area contributed by atoms with Gasteiger partial charge in [-0.2, -0.15) is 4.31 Å². The van der Waals surface area contributed by atoms with Crippen molar-refractivity contribution in [2.24, 2.45) is 0 Å². The molecule has 0 atom stereocenters. The van der Waals surface area contributed by atoms with Gasteiger partial charge in [0.2, 0.25) is 15.9 Å². The third kappa shape index (κ3) is 6.51. The molecule has 3 amide bonds. The van der Waals surface area contributed by atoms with Crippen molar-refractivity contribution in [2.45, 2.75) is 50.5 Å². The summed E-state index contributed by atoms with van der Waals surface area (Å²) < 4.78 is 26.9. The van der Waals surface area contributed by atoms with E-state index < -0.39 is 27.5 Å². The Bertz CT molecular complexity index is 781. The number of hydrogen-bond donors (Lipinski definition) is 3. The van der Waals surface area contributed by atoms with Crippen molar-refractivity contribution in [3.8, 4) is 0 Å². The summed E-state index contributed by atoms with van der Waals surface area (Å²) in [6.07, 6.45) is 2.79. The molecule has 27 heavy (non-hydrogen) atoms. The molecule has 1 aromatic carbocycles. The van der Waals surface area contributed by atoms with Crippen molar-refractivity contribution < 1.29 is 18.0 Å². The number of rotatable bonds is 5. The van der Waals surface area contributed by atoms with Crippen LogP contribution in [0.5, 0.6) is 0 Å². The van der Waals surface area contributed by atoms with Gasteiger partial charge in [0.15, 0.2) is 0 Å². The molecule has 0 aromatic heterocycles. The Morgan fingerprint density at radius 3 is 2.41 bits per heavy atom. The molecule has 0 aliphatic carbocycles. The lowest BCUT2D eigenvalue weighted by Crippen LogP contribution is -2.49. The molecular weight excluding hydrogens is 368 g/mol. The van der Waals surface area contributed by atoms with E-state index in [4.69, 9.17) is 0 Å². The van der Waals surface area contributed by atoms with Gasteiger partial charge in [-0.3, -0.25) is 10.1 Å². The number of nitrogens with zero attached hydrogens (tertiary/aromatic N) is 1. The van der Waals surface area contributed by atoms with E-state index >= 15 is 0 Å². The maximum absolute atomic E-state index is 12.7. The van der Waals surface area contributed by atoms with Gasteiger partial charge >= 0.3 is 6.03 Å². The van der Waals surface area contributed by atoms with Crippen molar-refractivity contribution in [1.29, 1.82) is 0 Å². The van der Waals surface area contributed by atoms with E-state index in [1.807, 2.05) is 20.8 Å². The summed E-state index contributed by atoms with van der Waals surface area (Å²) in [5.74, 6) is -0.513. The smallest absolute Gasteiger partial charge is 0.321 e. The maximum atomic E-state index is 12.7. The Labute approximate surface area is 160 Å². The van der Waals surface area contributed by atoms with Gasteiger partial charge in [0, 0.05) is 24.3 Å². The van der Waals surface area contributed by atoms with Gasteiger partial charge in [-0.25, -0.2) is 13.2 Å². The van der Waals surface area contributed by atoms with Gasteiger partial charge < -0.3 is 10.6 Å². The third-order valence-electron chi connectivity index (χ3n) is 3.98. The number of piperidine rings is 1. The molecule has 1 heterocycles. The lowest BCUT2D eigenvalue weighted by atomic mass is 10.1. The molecule has 0 unspecified atom stereocenters. The van der Waals surface area contributed by atoms with Crippen LogP contribution in [0, 0.1) is 0 Å². The number of amides is 3. The molecule has 8 nitrogen and oxygen atoms in total. The van der Waals surface area contributed by atoms with Gasteiger partial charge in [0.05, 0.1) is 11.4 Å². The van der Waals surface area contributed by atoms with Gasteiger partial charge in [-0.15, -0.1) is 0 Å². The summed E-state index contributed by atoms with van der Waals surface area (Å²) in [4.78, 5) is 23.8. The molecular formula is C18H28N4O4S. The van der Waals surface area contributed by atoms with Crippen LogP contribution in [0.15, 0.2) is 29.2 Å². The molecule has 150 valence electrons. The summed E-state index contributed by atoms with van der Waals surface area (Å²) in [5, 5.41) is 7.71. The van der Waals surface area contributed by atoms with E-state index in [1.54, 1.807) is 18.2 Å². The Morgan fingerprint density at radius 1 is 1.11 bits per heavy atom. The Hall–Kier alpha value is -2.13. The number of hydrogen-bond acceptors (Lipinski definition) is 5. The van der Waals surface area contributed by atoms with E-state index in [9.17, 15) is 18.0 Å². The monoisotopic (exact) mass is 396 g/mol.